The number of hydrogen-bond acceptors (Lipinski definition) is 5. The molecule has 3 rings (SSSR count). The van der Waals surface area contributed by atoms with Gasteiger partial charge in [0.2, 0.25) is 0 Å². The summed E-state index contributed by atoms with van der Waals surface area (Å²) in [6.07, 6.45) is 1.71. The quantitative estimate of drug-likeness (QED) is 0.668. The van der Waals surface area contributed by atoms with Crippen molar-refractivity contribution in [2.24, 2.45) is 5.73 Å². The average Bonchev–Trinajstić information content (AvgIpc) is 2.48. The van der Waals surface area contributed by atoms with E-state index in [0.29, 0.717) is 18.9 Å². The molecule has 0 amide bonds. The van der Waals surface area contributed by atoms with E-state index in [1.165, 1.54) is 0 Å². The fourth-order valence-electron chi connectivity index (χ4n) is 1.82. The molecule has 0 atom stereocenters. The van der Waals surface area contributed by atoms with Crippen molar-refractivity contribution in [3.63, 3.8) is 0 Å². The van der Waals surface area contributed by atoms with Gasteiger partial charge in [0.15, 0.2) is 11.5 Å². The van der Waals surface area contributed by atoms with Crippen LogP contribution in [0.1, 0.15) is 5.69 Å². The molecule has 0 unspecified atom stereocenters. The number of hydrogen-bond donors (Lipinski definition) is 2. The maximum Gasteiger partial charge on any atom is 0.162 e. The number of nitrogen functional groups attached to an aromatic ring is 1. The number of rotatable bonds is 3. The minimum absolute atomic E-state index is 0.0270. The minimum Gasteiger partial charge on any atom is -0.486 e. The molecular formula is C14H13N3O2S. The van der Waals surface area contributed by atoms with Crippen molar-refractivity contribution >= 4 is 17.6 Å². The molecule has 0 aliphatic carbocycles. The van der Waals surface area contributed by atoms with Gasteiger partial charge in [-0.25, -0.2) is 0 Å². The molecule has 0 spiro atoms. The van der Waals surface area contributed by atoms with E-state index >= 15 is 0 Å². The molecule has 2 heterocycles. The van der Waals surface area contributed by atoms with Gasteiger partial charge in [0, 0.05) is 16.0 Å². The van der Waals surface area contributed by atoms with Gasteiger partial charge in [0.1, 0.15) is 24.7 Å². The highest BCUT2D eigenvalue weighted by Crippen LogP contribution is 2.36. The summed E-state index contributed by atoms with van der Waals surface area (Å²) < 4.78 is 11.0. The van der Waals surface area contributed by atoms with E-state index in [-0.39, 0.29) is 5.84 Å². The minimum atomic E-state index is -0.0270. The molecular weight excluding hydrogens is 274 g/mol. The van der Waals surface area contributed by atoms with Crippen LogP contribution in [0.3, 0.4) is 0 Å². The first kappa shape index (κ1) is 12.8. The molecule has 20 heavy (non-hydrogen) atoms. The smallest absolute Gasteiger partial charge is 0.162 e. The summed E-state index contributed by atoms with van der Waals surface area (Å²) in [7, 11) is 0. The Morgan fingerprint density at radius 2 is 1.85 bits per heavy atom. The first-order valence-corrected chi connectivity index (χ1v) is 6.92. The topological polar surface area (TPSA) is 81.2 Å². The fraction of sp³-hybridized carbons (Fsp3) is 0.143. The van der Waals surface area contributed by atoms with Crippen LogP contribution in [0.5, 0.6) is 11.5 Å². The van der Waals surface area contributed by atoms with Crippen LogP contribution in [0, 0.1) is 5.41 Å². The second-order valence-electron chi connectivity index (χ2n) is 4.20. The molecule has 1 aliphatic rings. The van der Waals surface area contributed by atoms with Crippen LogP contribution < -0.4 is 15.2 Å². The summed E-state index contributed by atoms with van der Waals surface area (Å²) in [6.45, 7) is 1.17. The van der Waals surface area contributed by atoms with Gasteiger partial charge in [-0.05, 0) is 30.3 Å². The Labute approximate surface area is 120 Å². The van der Waals surface area contributed by atoms with Gasteiger partial charge in [0.25, 0.3) is 0 Å². The van der Waals surface area contributed by atoms with Crippen molar-refractivity contribution in [2.75, 3.05) is 13.2 Å². The monoisotopic (exact) mass is 287 g/mol. The van der Waals surface area contributed by atoms with Gasteiger partial charge >= 0.3 is 0 Å². The first-order chi connectivity index (χ1) is 9.72. The van der Waals surface area contributed by atoms with Crippen molar-refractivity contribution < 1.29 is 9.47 Å². The Morgan fingerprint density at radius 3 is 2.55 bits per heavy atom. The van der Waals surface area contributed by atoms with E-state index in [9.17, 15) is 0 Å². The Hall–Kier alpha value is -2.21. The SMILES string of the molecule is N=C(N)c1ccc(Sc2ccc3c(c2)OCCO3)cn1. The molecule has 0 saturated carbocycles. The summed E-state index contributed by atoms with van der Waals surface area (Å²) in [5.41, 5.74) is 5.86. The van der Waals surface area contributed by atoms with Crippen molar-refractivity contribution in [1.29, 1.82) is 5.41 Å². The second kappa shape index (κ2) is 5.42. The third-order valence-corrected chi connectivity index (χ3v) is 3.73. The van der Waals surface area contributed by atoms with E-state index in [1.807, 2.05) is 24.3 Å². The summed E-state index contributed by atoms with van der Waals surface area (Å²) in [4.78, 5) is 6.16. The zero-order valence-electron chi connectivity index (χ0n) is 10.6. The standard InChI is InChI=1S/C14H13N3O2S/c15-14(16)11-3-1-10(8-17-11)20-9-2-4-12-13(7-9)19-6-5-18-12/h1-4,7-8H,5-6H2,(H3,15,16). The van der Waals surface area contributed by atoms with Crippen molar-refractivity contribution in [3.8, 4) is 11.5 Å². The van der Waals surface area contributed by atoms with Gasteiger partial charge in [-0.1, -0.05) is 11.8 Å². The van der Waals surface area contributed by atoms with Gasteiger partial charge in [-0.2, -0.15) is 0 Å². The van der Waals surface area contributed by atoms with Gasteiger partial charge in [0.05, 0.1) is 0 Å². The number of nitrogens with two attached hydrogens (primary N) is 1. The third-order valence-electron chi connectivity index (χ3n) is 2.76. The first-order valence-electron chi connectivity index (χ1n) is 6.10. The lowest BCUT2D eigenvalue weighted by Crippen LogP contribution is -2.15. The highest BCUT2D eigenvalue weighted by molar-refractivity contribution is 7.99. The predicted molar refractivity (Wildman–Crippen MR) is 76.8 cm³/mol. The highest BCUT2D eigenvalue weighted by atomic mass is 32.2. The Balaban J connectivity index is 1.78. The van der Waals surface area contributed by atoms with Crippen LogP contribution in [0.4, 0.5) is 0 Å². The van der Waals surface area contributed by atoms with Crippen molar-refractivity contribution in [2.45, 2.75) is 9.79 Å². The molecule has 2 aromatic rings. The molecule has 0 radical (unpaired) electrons. The normalized spacial score (nSPS) is 13.0. The average molecular weight is 287 g/mol. The van der Waals surface area contributed by atoms with Gasteiger partial charge < -0.3 is 15.2 Å². The lowest BCUT2D eigenvalue weighted by molar-refractivity contribution is 0.171. The Morgan fingerprint density at radius 1 is 1.10 bits per heavy atom. The van der Waals surface area contributed by atoms with E-state index in [2.05, 4.69) is 4.98 Å². The van der Waals surface area contributed by atoms with Gasteiger partial charge in [-0.15, -0.1) is 0 Å². The summed E-state index contributed by atoms with van der Waals surface area (Å²) >= 11 is 1.57. The molecule has 6 heteroatoms. The summed E-state index contributed by atoms with van der Waals surface area (Å²) in [5.74, 6) is 1.53. The van der Waals surface area contributed by atoms with Crippen molar-refractivity contribution in [1.82, 2.24) is 4.98 Å². The number of ether oxygens (including phenoxy) is 2. The number of benzene rings is 1. The largest absolute Gasteiger partial charge is 0.486 e. The molecule has 3 N–H and O–H groups in total. The highest BCUT2D eigenvalue weighted by Gasteiger charge is 2.12. The third kappa shape index (κ3) is 2.70. The van der Waals surface area contributed by atoms with E-state index < -0.39 is 0 Å². The maximum absolute atomic E-state index is 7.31. The fourth-order valence-corrected chi connectivity index (χ4v) is 2.64. The van der Waals surface area contributed by atoms with Crippen molar-refractivity contribution in [3.05, 3.63) is 42.2 Å². The number of fused-ring (bicyclic) bond motifs is 1. The summed E-state index contributed by atoms with van der Waals surface area (Å²) in [6, 6.07) is 9.48. The van der Waals surface area contributed by atoms with Gasteiger partial charge in [-0.3, -0.25) is 10.4 Å². The zero-order valence-corrected chi connectivity index (χ0v) is 11.4. The predicted octanol–water partition coefficient (Wildman–Crippen LogP) is 2.29. The maximum atomic E-state index is 7.31. The molecule has 5 nitrogen and oxygen atoms in total. The molecule has 1 aromatic carbocycles. The lowest BCUT2D eigenvalue weighted by atomic mass is 10.3. The van der Waals surface area contributed by atoms with Crippen LogP contribution in [0.2, 0.25) is 0 Å². The van der Waals surface area contributed by atoms with E-state index in [1.54, 1.807) is 24.0 Å². The molecule has 0 fully saturated rings. The van der Waals surface area contributed by atoms with Crippen LogP contribution in [-0.2, 0) is 0 Å². The van der Waals surface area contributed by atoms with Crippen LogP contribution in [-0.4, -0.2) is 24.0 Å². The molecule has 102 valence electrons. The Bertz CT molecular complexity index is 643. The number of amidine groups is 1. The molecule has 1 aliphatic heterocycles. The van der Waals surface area contributed by atoms with Crippen LogP contribution in [0.25, 0.3) is 0 Å². The van der Waals surface area contributed by atoms with Crippen LogP contribution >= 0.6 is 11.8 Å². The second-order valence-corrected chi connectivity index (χ2v) is 5.35. The van der Waals surface area contributed by atoms with Crippen LogP contribution in [0.15, 0.2) is 46.3 Å². The number of aromatic nitrogens is 1. The molecule has 0 bridgehead atoms. The zero-order chi connectivity index (χ0) is 13.9. The number of pyridine rings is 1. The summed E-state index contributed by atoms with van der Waals surface area (Å²) in [5, 5.41) is 7.31. The number of nitrogens with one attached hydrogen (secondary N) is 1. The van der Waals surface area contributed by atoms with E-state index in [4.69, 9.17) is 20.6 Å². The molecule has 0 saturated heterocycles. The number of nitrogens with zero attached hydrogens (tertiary/aromatic N) is 1. The lowest BCUT2D eigenvalue weighted by Gasteiger charge is -2.18. The molecule has 1 aromatic heterocycles. The Kier molecular flexibility index (Phi) is 3.47. The van der Waals surface area contributed by atoms with E-state index in [0.717, 1.165) is 21.3 Å².